The Labute approximate surface area is 119 Å². The summed E-state index contributed by atoms with van der Waals surface area (Å²) in [5.74, 6) is -2.41. The molecule has 108 valence electrons. The lowest BCUT2D eigenvalue weighted by molar-refractivity contribution is -0.114. The monoisotopic (exact) mass is 291 g/mol. The van der Waals surface area contributed by atoms with Crippen molar-refractivity contribution in [1.29, 1.82) is 0 Å². The molecule has 0 aliphatic heterocycles. The van der Waals surface area contributed by atoms with Crippen LogP contribution in [0.3, 0.4) is 0 Å². The minimum absolute atomic E-state index is 0.0544. The summed E-state index contributed by atoms with van der Waals surface area (Å²) in [4.78, 5) is 26.2. The van der Waals surface area contributed by atoms with Gasteiger partial charge in [0.15, 0.2) is 0 Å². The fourth-order valence-electron chi connectivity index (χ4n) is 1.64. The van der Waals surface area contributed by atoms with Gasteiger partial charge in [-0.25, -0.2) is 9.37 Å². The van der Waals surface area contributed by atoms with Gasteiger partial charge in [-0.05, 0) is 24.3 Å². The molecule has 0 radical (unpaired) electrons. The van der Waals surface area contributed by atoms with Crippen LogP contribution in [0.2, 0.25) is 0 Å². The number of hydrogen-bond acceptors (Lipinski definition) is 3. The zero-order valence-corrected chi connectivity index (χ0v) is 11.0. The van der Waals surface area contributed by atoms with Gasteiger partial charge in [0, 0.05) is 30.4 Å². The highest BCUT2D eigenvalue weighted by Gasteiger charge is 2.10. The van der Waals surface area contributed by atoms with Crippen LogP contribution in [-0.4, -0.2) is 16.8 Å². The number of benzene rings is 1. The van der Waals surface area contributed by atoms with Crippen molar-refractivity contribution in [2.24, 2.45) is 0 Å². The molecule has 0 atom stereocenters. The average Bonchev–Trinajstić information content (AvgIpc) is 2.42. The van der Waals surface area contributed by atoms with Gasteiger partial charge in [-0.3, -0.25) is 9.59 Å². The summed E-state index contributed by atoms with van der Waals surface area (Å²) < 4.78 is 26.4. The lowest BCUT2D eigenvalue weighted by atomic mass is 10.2. The molecule has 1 aromatic heterocycles. The molecule has 0 saturated heterocycles. The zero-order chi connectivity index (χ0) is 15.4. The maximum Gasteiger partial charge on any atom is 0.255 e. The summed E-state index contributed by atoms with van der Waals surface area (Å²) in [5, 5.41) is 4.78. The van der Waals surface area contributed by atoms with Crippen LogP contribution in [0.5, 0.6) is 0 Å². The Balaban J connectivity index is 2.19. The molecule has 0 aliphatic carbocycles. The molecule has 2 aromatic rings. The van der Waals surface area contributed by atoms with Crippen molar-refractivity contribution < 1.29 is 18.4 Å². The van der Waals surface area contributed by atoms with Crippen molar-refractivity contribution in [3.05, 3.63) is 53.9 Å². The number of rotatable bonds is 3. The molecule has 0 saturated carbocycles. The number of anilines is 2. The van der Waals surface area contributed by atoms with Gasteiger partial charge >= 0.3 is 0 Å². The molecule has 21 heavy (non-hydrogen) atoms. The summed E-state index contributed by atoms with van der Waals surface area (Å²) in [6.45, 7) is 1.24. The standard InChI is InChI=1S/C14H11F2N3O2/c1-8(20)18-12-7-10(2-3-11(12)15)19-14(21)9-4-5-17-13(16)6-9/h2-7H,1H3,(H,18,20)(H,19,21). The predicted octanol–water partition coefficient (Wildman–Crippen LogP) is 2.57. The summed E-state index contributed by atoms with van der Waals surface area (Å²) in [6, 6.07) is 6.03. The van der Waals surface area contributed by atoms with E-state index in [1.54, 1.807) is 0 Å². The number of aromatic nitrogens is 1. The molecule has 0 bridgehead atoms. The van der Waals surface area contributed by atoms with Crippen LogP contribution >= 0.6 is 0 Å². The number of carbonyl (C=O) groups is 2. The Morgan fingerprint density at radius 3 is 2.52 bits per heavy atom. The van der Waals surface area contributed by atoms with Gasteiger partial charge in [-0.1, -0.05) is 0 Å². The normalized spacial score (nSPS) is 10.0. The minimum Gasteiger partial charge on any atom is -0.324 e. The van der Waals surface area contributed by atoms with Crippen LogP contribution in [-0.2, 0) is 4.79 Å². The first-order chi connectivity index (χ1) is 9.95. The molecule has 1 heterocycles. The van der Waals surface area contributed by atoms with Crippen LogP contribution in [0, 0.1) is 11.8 Å². The van der Waals surface area contributed by atoms with E-state index in [1.165, 1.54) is 25.1 Å². The number of nitrogens with one attached hydrogen (secondary N) is 2. The van der Waals surface area contributed by atoms with Crippen molar-refractivity contribution in [2.75, 3.05) is 10.6 Å². The van der Waals surface area contributed by atoms with E-state index >= 15 is 0 Å². The van der Waals surface area contributed by atoms with Crippen LogP contribution < -0.4 is 10.6 Å². The fourth-order valence-corrected chi connectivity index (χ4v) is 1.64. The van der Waals surface area contributed by atoms with Gasteiger partial charge in [-0.15, -0.1) is 0 Å². The van der Waals surface area contributed by atoms with Crippen molar-refractivity contribution in [3.63, 3.8) is 0 Å². The van der Waals surface area contributed by atoms with Crippen LogP contribution in [0.15, 0.2) is 36.5 Å². The molecule has 2 rings (SSSR count). The number of nitrogens with zero attached hydrogens (tertiary/aromatic N) is 1. The van der Waals surface area contributed by atoms with Crippen LogP contribution in [0.1, 0.15) is 17.3 Å². The minimum atomic E-state index is -0.777. The Hall–Kier alpha value is -2.83. The molecule has 2 N–H and O–H groups in total. The Morgan fingerprint density at radius 2 is 1.86 bits per heavy atom. The number of amides is 2. The maximum absolute atomic E-state index is 13.5. The van der Waals surface area contributed by atoms with E-state index in [-0.39, 0.29) is 16.9 Å². The van der Waals surface area contributed by atoms with Crippen molar-refractivity contribution in [2.45, 2.75) is 6.92 Å². The number of halogens is 2. The van der Waals surface area contributed by atoms with E-state index in [9.17, 15) is 18.4 Å². The van der Waals surface area contributed by atoms with Crippen LogP contribution in [0.4, 0.5) is 20.2 Å². The third kappa shape index (κ3) is 3.82. The molecule has 5 nitrogen and oxygen atoms in total. The molecule has 0 fully saturated rings. The topological polar surface area (TPSA) is 71.1 Å². The summed E-state index contributed by atoms with van der Waals surface area (Å²) in [5.41, 5.74) is 0.288. The number of pyridine rings is 1. The molecule has 0 spiro atoms. The molecular formula is C14H11F2N3O2. The van der Waals surface area contributed by atoms with E-state index in [1.807, 2.05) is 0 Å². The summed E-state index contributed by atoms with van der Waals surface area (Å²) in [7, 11) is 0. The summed E-state index contributed by atoms with van der Waals surface area (Å²) in [6.07, 6.45) is 1.16. The first kappa shape index (κ1) is 14.6. The Kier molecular flexibility index (Phi) is 4.22. The number of carbonyl (C=O) groups excluding carboxylic acids is 2. The van der Waals surface area contributed by atoms with E-state index in [4.69, 9.17) is 0 Å². The zero-order valence-electron chi connectivity index (χ0n) is 11.0. The second-order valence-electron chi connectivity index (χ2n) is 4.20. The second-order valence-corrected chi connectivity index (χ2v) is 4.20. The van der Waals surface area contributed by atoms with Gasteiger partial charge in [-0.2, -0.15) is 4.39 Å². The van der Waals surface area contributed by atoms with E-state index in [0.717, 1.165) is 18.3 Å². The SMILES string of the molecule is CC(=O)Nc1cc(NC(=O)c2ccnc(F)c2)ccc1F. The third-order valence-electron chi connectivity index (χ3n) is 2.52. The van der Waals surface area contributed by atoms with E-state index in [0.29, 0.717) is 0 Å². The molecule has 0 unspecified atom stereocenters. The first-order valence-electron chi connectivity index (χ1n) is 5.96. The van der Waals surface area contributed by atoms with Gasteiger partial charge in [0.1, 0.15) is 5.82 Å². The van der Waals surface area contributed by atoms with E-state index < -0.39 is 23.6 Å². The lowest BCUT2D eigenvalue weighted by Gasteiger charge is -2.09. The first-order valence-corrected chi connectivity index (χ1v) is 5.96. The molecule has 7 heteroatoms. The largest absolute Gasteiger partial charge is 0.324 e. The van der Waals surface area contributed by atoms with Crippen molar-refractivity contribution in [3.8, 4) is 0 Å². The van der Waals surface area contributed by atoms with Gasteiger partial charge < -0.3 is 10.6 Å². The van der Waals surface area contributed by atoms with Gasteiger partial charge in [0.2, 0.25) is 11.9 Å². The average molecular weight is 291 g/mol. The van der Waals surface area contributed by atoms with E-state index in [2.05, 4.69) is 15.6 Å². The van der Waals surface area contributed by atoms with Gasteiger partial charge in [0.05, 0.1) is 5.69 Å². The highest BCUT2D eigenvalue weighted by Crippen LogP contribution is 2.20. The van der Waals surface area contributed by atoms with Crippen molar-refractivity contribution in [1.82, 2.24) is 4.98 Å². The molecular weight excluding hydrogens is 280 g/mol. The van der Waals surface area contributed by atoms with Crippen molar-refractivity contribution >= 4 is 23.2 Å². The quantitative estimate of drug-likeness (QED) is 0.854. The summed E-state index contributed by atoms with van der Waals surface area (Å²) >= 11 is 0. The Morgan fingerprint density at radius 1 is 1.10 bits per heavy atom. The number of hydrogen-bond donors (Lipinski definition) is 2. The lowest BCUT2D eigenvalue weighted by Crippen LogP contribution is -2.13. The fraction of sp³-hybridized carbons (Fsp3) is 0.0714. The smallest absolute Gasteiger partial charge is 0.255 e. The van der Waals surface area contributed by atoms with Gasteiger partial charge in [0.25, 0.3) is 5.91 Å². The molecule has 1 aromatic carbocycles. The third-order valence-corrected chi connectivity index (χ3v) is 2.52. The predicted molar refractivity (Wildman–Crippen MR) is 72.9 cm³/mol. The van der Waals surface area contributed by atoms with Crippen LogP contribution in [0.25, 0.3) is 0 Å². The highest BCUT2D eigenvalue weighted by atomic mass is 19.1. The molecule has 2 amide bonds. The highest BCUT2D eigenvalue weighted by molar-refractivity contribution is 6.04. The maximum atomic E-state index is 13.5. The second kappa shape index (κ2) is 6.08. The molecule has 0 aliphatic rings. The Bertz CT molecular complexity index is 704.